The van der Waals surface area contributed by atoms with Crippen LogP contribution >= 0.6 is 0 Å². The van der Waals surface area contributed by atoms with Gasteiger partial charge in [0.15, 0.2) is 5.96 Å². The second kappa shape index (κ2) is 11.6. The quantitative estimate of drug-likeness (QED) is 0.418. The van der Waals surface area contributed by atoms with Gasteiger partial charge in [0.1, 0.15) is 5.60 Å². The van der Waals surface area contributed by atoms with Gasteiger partial charge < -0.3 is 25.4 Å². The monoisotopic (exact) mass is 413 g/mol. The van der Waals surface area contributed by atoms with Crippen molar-refractivity contribution in [2.24, 2.45) is 10.9 Å². The second-order valence-electron chi connectivity index (χ2n) is 9.55. The molecule has 1 saturated heterocycles. The predicted molar refractivity (Wildman–Crippen MR) is 118 cm³/mol. The molecule has 1 unspecified atom stereocenters. The molecule has 0 aromatic rings. The zero-order chi connectivity index (χ0) is 22.1. The fraction of sp³-hybridized carbons (Fsp3) is 0.905. The summed E-state index contributed by atoms with van der Waals surface area (Å²) in [7, 11) is 0. The summed E-state index contributed by atoms with van der Waals surface area (Å²) in [5.74, 6) is 1.28. The van der Waals surface area contributed by atoms with E-state index < -0.39 is 17.2 Å². The average Bonchev–Trinajstić information content (AvgIpc) is 2.58. The van der Waals surface area contributed by atoms with E-state index in [4.69, 9.17) is 14.5 Å². The first kappa shape index (κ1) is 25.5. The van der Waals surface area contributed by atoms with Crippen molar-refractivity contribution in [2.75, 3.05) is 45.9 Å². The highest BCUT2D eigenvalue weighted by Gasteiger charge is 2.26. The smallest absolute Gasteiger partial charge is 0.408 e. The highest BCUT2D eigenvalue weighted by Crippen LogP contribution is 2.12. The minimum atomic E-state index is -0.523. The number of nitrogens with zero attached hydrogens (tertiary/aromatic N) is 2. The molecule has 8 nitrogen and oxygen atoms in total. The molecule has 0 saturated carbocycles. The Labute approximate surface area is 177 Å². The van der Waals surface area contributed by atoms with Gasteiger partial charge in [-0.3, -0.25) is 9.89 Å². The molecule has 1 amide bonds. The molecule has 1 atom stereocenters. The number of guanidine groups is 1. The summed E-state index contributed by atoms with van der Waals surface area (Å²) in [6.45, 7) is 21.5. The van der Waals surface area contributed by atoms with Crippen molar-refractivity contribution in [1.82, 2.24) is 20.9 Å². The van der Waals surface area contributed by atoms with Gasteiger partial charge in [0, 0.05) is 32.2 Å². The molecule has 1 rings (SSSR count). The average molecular weight is 414 g/mol. The summed E-state index contributed by atoms with van der Waals surface area (Å²) < 4.78 is 10.8. The van der Waals surface area contributed by atoms with Crippen LogP contribution in [0.5, 0.6) is 0 Å². The van der Waals surface area contributed by atoms with Crippen LogP contribution in [0.4, 0.5) is 4.79 Å². The van der Waals surface area contributed by atoms with Crippen LogP contribution in [0.3, 0.4) is 0 Å². The van der Waals surface area contributed by atoms with Gasteiger partial charge in [0.2, 0.25) is 0 Å². The van der Waals surface area contributed by atoms with Crippen molar-refractivity contribution in [2.45, 2.75) is 72.6 Å². The Morgan fingerprint density at radius 1 is 1.14 bits per heavy atom. The molecular formula is C21H43N5O3. The number of carbonyl (C=O) groups is 1. The Kier molecular flexibility index (Phi) is 10.2. The minimum absolute atomic E-state index is 0.413. The maximum Gasteiger partial charge on any atom is 0.408 e. The van der Waals surface area contributed by atoms with Crippen molar-refractivity contribution in [3.63, 3.8) is 0 Å². The standard InChI is InChI=1S/C21H43N5O3/c1-9-22-18(23-14-17(16(2)3)26-10-12-28-13-11-26)24-15-21(7,8)25-19(27)29-20(4,5)6/h16-17H,9-15H2,1-8H3,(H,25,27)(H2,22,23,24). The number of morpholine rings is 1. The van der Waals surface area contributed by atoms with E-state index in [1.165, 1.54) is 0 Å². The van der Waals surface area contributed by atoms with Gasteiger partial charge in [-0.05, 0) is 47.5 Å². The molecule has 1 fully saturated rings. The first-order chi connectivity index (χ1) is 13.4. The predicted octanol–water partition coefficient (Wildman–Crippen LogP) is 2.20. The zero-order valence-electron chi connectivity index (χ0n) is 19.7. The number of aliphatic imine (C=N–C) groups is 1. The lowest BCUT2D eigenvalue weighted by Gasteiger charge is -2.37. The lowest BCUT2D eigenvalue weighted by Crippen LogP contribution is -2.53. The van der Waals surface area contributed by atoms with Crippen molar-refractivity contribution < 1.29 is 14.3 Å². The second-order valence-corrected chi connectivity index (χ2v) is 9.55. The van der Waals surface area contributed by atoms with Gasteiger partial charge in [-0.25, -0.2) is 4.79 Å². The summed E-state index contributed by atoms with van der Waals surface area (Å²) in [5.41, 5.74) is -1.04. The van der Waals surface area contributed by atoms with Gasteiger partial charge in [-0.1, -0.05) is 13.8 Å². The number of ether oxygens (including phenoxy) is 2. The first-order valence-electron chi connectivity index (χ1n) is 10.8. The Morgan fingerprint density at radius 2 is 1.76 bits per heavy atom. The molecule has 29 heavy (non-hydrogen) atoms. The number of hydrogen-bond donors (Lipinski definition) is 3. The Bertz CT molecular complexity index is 523. The van der Waals surface area contributed by atoms with E-state index in [-0.39, 0.29) is 0 Å². The first-order valence-corrected chi connectivity index (χ1v) is 10.8. The van der Waals surface area contributed by atoms with E-state index in [2.05, 4.69) is 34.7 Å². The highest BCUT2D eigenvalue weighted by molar-refractivity contribution is 5.80. The Morgan fingerprint density at radius 3 is 2.28 bits per heavy atom. The van der Waals surface area contributed by atoms with E-state index in [0.717, 1.165) is 45.4 Å². The minimum Gasteiger partial charge on any atom is -0.444 e. The molecule has 0 aromatic heterocycles. The molecular weight excluding hydrogens is 370 g/mol. The summed E-state index contributed by atoms with van der Waals surface area (Å²) in [4.78, 5) is 19.3. The number of alkyl carbamates (subject to hydrolysis) is 1. The molecule has 0 bridgehead atoms. The summed E-state index contributed by atoms with van der Waals surface area (Å²) in [6, 6.07) is 0.413. The molecule has 1 aliphatic rings. The topological polar surface area (TPSA) is 87.2 Å². The number of hydrogen-bond acceptors (Lipinski definition) is 5. The molecule has 0 aliphatic carbocycles. The van der Waals surface area contributed by atoms with Crippen LogP contribution in [-0.2, 0) is 9.47 Å². The van der Waals surface area contributed by atoms with Gasteiger partial charge in [0.25, 0.3) is 0 Å². The third-order valence-corrected chi connectivity index (χ3v) is 4.58. The molecule has 0 spiro atoms. The maximum absolute atomic E-state index is 12.1. The molecule has 8 heteroatoms. The molecule has 170 valence electrons. The molecule has 3 N–H and O–H groups in total. The summed E-state index contributed by atoms with van der Waals surface area (Å²) in [5, 5.41) is 9.67. The normalized spacial score (nSPS) is 17.8. The zero-order valence-corrected chi connectivity index (χ0v) is 19.7. The number of rotatable bonds is 8. The molecule has 1 heterocycles. The lowest BCUT2D eigenvalue weighted by molar-refractivity contribution is 0.00751. The third kappa shape index (κ3) is 10.7. The van der Waals surface area contributed by atoms with Crippen LogP contribution in [0.15, 0.2) is 4.99 Å². The third-order valence-electron chi connectivity index (χ3n) is 4.58. The van der Waals surface area contributed by atoms with E-state index in [1.54, 1.807) is 0 Å². The van der Waals surface area contributed by atoms with Crippen LogP contribution in [0.25, 0.3) is 0 Å². The SMILES string of the molecule is CCNC(=NCC(C)(C)NC(=O)OC(C)(C)C)NCC(C(C)C)N1CCOCC1. The van der Waals surface area contributed by atoms with Crippen LogP contribution < -0.4 is 16.0 Å². The van der Waals surface area contributed by atoms with Crippen molar-refractivity contribution >= 4 is 12.1 Å². The van der Waals surface area contributed by atoms with Gasteiger partial charge in [0.05, 0.1) is 25.3 Å². The van der Waals surface area contributed by atoms with Crippen LogP contribution in [0.2, 0.25) is 0 Å². The van der Waals surface area contributed by atoms with Crippen molar-refractivity contribution in [3.8, 4) is 0 Å². The lowest BCUT2D eigenvalue weighted by atomic mass is 10.0. The van der Waals surface area contributed by atoms with Crippen LogP contribution in [-0.4, -0.2) is 80.1 Å². The Balaban J connectivity index is 2.66. The molecule has 0 radical (unpaired) electrons. The fourth-order valence-electron chi connectivity index (χ4n) is 3.13. The number of nitrogens with one attached hydrogen (secondary N) is 3. The molecule has 0 aromatic carbocycles. The van der Waals surface area contributed by atoms with Gasteiger partial charge >= 0.3 is 6.09 Å². The van der Waals surface area contributed by atoms with Gasteiger partial charge in [-0.2, -0.15) is 0 Å². The van der Waals surface area contributed by atoms with Crippen LogP contribution in [0.1, 0.15) is 55.4 Å². The summed E-state index contributed by atoms with van der Waals surface area (Å²) >= 11 is 0. The van der Waals surface area contributed by atoms with E-state index in [1.807, 2.05) is 41.5 Å². The number of carbonyl (C=O) groups excluding carboxylic acids is 1. The van der Waals surface area contributed by atoms with Gasteiger partial charge in [-0.15, -0.1) is 0 Å². The highest BCUT2D eigenvalue weighted by atomic mass is 16.6. The number of amides is 1. The van der Waals surface area contributed by atoms with E-state index in [9.17, 15) is 4.79 Å². The summed E-state index contributed by atoms with van der Waals surface area (Å²) in [6.07, 6.45) is -0.428. The largest absolute Gasteiger partial charge is 0.444 e. The van der Waals surface area contributed by atoms with Crippen molar-refractivity contribution in [1.29, 1.82) is 0 Å². The van der Waals surface area contributed by atoms with E-state index >= 15 is 0 Å². The van der Waals surface area contributed by atoms with Crippen molar-refractivity contribution in [3.05, 3.63) is 0 Å². The maximum atomic E-state index is 12.1. The van der Waals surface area contributed by atoms with E-state index in [0.29, 0.717) is 18.5 Å². The molecule has 1 aliphatic heterocycles. The van der Waals surface area contributed by atoms with Crippen LogP contribution in [0, 0.1) is 5.92 Å². The Hall–Kier alpha value is -1.54. The fourth-order valence-corrected chi connectivity index (χ4v) is 3.13.